The van der Waals surface area contributed by atoms with Gasteiger partial charge in [-0.1, -0.05) is 37.1 Å². The third kappa shape index (κ3) is 2.88. The average Bonchev–Trinajstić information content (AvgIpc) is 3.01. The molecule has 0 saturated heterocycles. The maximum absolute atomic E-state index is 12.4. The van der Waals surface area contributed by atoms with Crippen LogP contribution in [0.15, 0.2) is 24.3 Å². The van der Waals surface area contributed by atoms with Crippen LogP contribution in [0.3, 0.4) is 0 Å². The molecule has 2 N–H and O–H groups in total. The molecule has 3 nitrogen and oxygen atoms in total. The molecule has 1 aromatic rings. The van der Waals surface area contributed by atoms with E-state index in [4.69, 9.17) is 0 Å². The minimum Gasteiger partial charge on any atom is -0.352 e. The fraction of sp³-hybridized carbons (Fsp3) is 0.588. The first-order chi connectivity index (χ1) is 9.74. The second kappa shape index (κ2) is 5.96. The van der Waals surface area contributed by atoms with E-state index in [2.05, 4.69) is 41.8 Å². The third-order valence-electron chi connectivity index (χ3n) is 4.87. The SMILES string of the molecule is C[C@@H](NC(=O)[C@H]1Cc2ccccc2CN1)C1CCCC1. The first-order valence-corrected chi connectivity index (χ1v) is 7.84. The molecule has 108 valence electrons. The van der Waals surface area contributed by atoms with Crippen molar-refractivity contribution in [2.75, 3.05) is 0 Å². The van der Waals surface area contributed by atoms with Crippen LogP contribution >= 0.6 is 0 Å². The van der Waals surface area contributed by atoms with E-state index in [-0.39, 0.29) is 11.9 Å². The summed E-state index contributed by atoms with van der Waals surface area (Å²) < 4.78 is 0. The van der Waals surface area contributed by atoms with Crippen LogP contribution in [0.25, 0.3) is 0 Å². The van der Waals surface area contributed by atoms with E-state index >= 15 is 0 Å². The van der Waals surface area contributed by atoms with Gasteiger partial charge in [0.05, 0.1) is 6.04 Å². The van der Waals surface area contributed by atoms with Gasteiger partial charge in [-0.15, -0.1) is 0 Å². The zero-order chi connectivity index (χ0) is 13.9. The molecule has 0 aromatic heterocycles. The predicted molar refractivity (Wildman–Crippen MR) is 80.3 cm³/mol. The van der Waals surface area contributed by atoms with E-state index < -0.39 is 0 Å². The summed E-state index contributed by atoms with van der Waals surface area (Å²) >= 11 is 0. The van der Waals surface area contributed by atoms with Gasteiger partial charge in [0.25, 0.3) is 0 Å². The maximum Gasteiger partial charge on any atom is 0.237 e. The van der Waals surface area contributed by atoms with Crippen molar-refractivity contribution in [1.82, 2.24) is 10.6 Å². The number of hydrogen-bond acceptors (Lipinski definition) is 2. The molecular weight excluding hydrogens is 248 g/mol. The molecule has 1 aromatic carbocycles. The minimum atomic E-state index is -0.0752. The van der Waals surface area contributed by atoms with Crippen LogP contribution < -0.4 is 10.6 Å². The number of rotatable bonds is 3. The molecule has 0 unspecified atom stereocenters. The Balaban J connectivity index is 1.58. The molecule has 1 amide bonds. The second-order valence-electron chi connectivity index (χ2n) is 6.25. The molecule has 1 saturated carbocycles. The first-order valence-electron chi connectivity index (χ1n) is 7.84. The van der Waals surface area contributed by atoms with Crippen molar-refractivity contribution in [3.63, 3.8) is 0 Å². The number of amides is 1. The van der Waals surface area contributed by atoms with Crippen molar-refractivity contribution < 1.29 is 4.79 Å². The van der Waals surface area contributed by atoms with Crippen molar-refractivity contribution in [3.8, 4) is 0 Å². The van der Waals surface area contributed by atoms with Crippen molar-refractivity contribution >= 4 is 5.91 Å². The van der Waals surface area contributed by atoms with E-state index in [0.29, 0.717) is 12.0 Å². The van der Waals surface area contributed by atoms with Gasteiger partial charge in [-0.25, -0.2) is 0 Å². The molecule has 1 heterocycles. The van der Waals surface area contributed by atoms with Crippen LogP contribution in [0.4, 0.5) is 0 Å². The summed E-state index contributed by atoms with van der Waals surface area (Å²) in [6.45, 7) is 2.96. The van der Waals surface area contributed by atoms with Crippen LogP contribution in [0, 0.1) is 5.92 Å². The van der Waals surface area contributed by atoms with Crippen LogP contribution in [0.2, 0.25) is 0 Å². The monoisotopic (exact) mass is 272 g/mol. The van der Waals surface area contributed by atoms with Gasteiger partial charge in [-0.2, -0.15) is 0 Å². The Morgan fingerprint density at radius 3 is 2.70 bits per heavy atom. The van der Waals surface area contributed by atoms with Crippen molar-refractivity contribution in [1.29, 1.82) is 0 Å². The molecule has 1 aliphatic carbocycles. The van der Waals surface area contributed by atoms with Crippen LogP contribution in [0.5, 0.6) is 0 Å². The third-order valence-corrected chi connectivity index (χ3v) is 4.87. The highest BCUT2D eigenvalue weighted by molar-refractivity contribution is 5.82. The molecular formula is C17H24N2O. The van der Waals surface area contributed by atoms with Gasteiger partial charge in [0.2, 0.25) is 5.91 Å². The summed E-state index contributed by atoms with van der Waals surface area (Å²) in [5.74, 6) is 0.841. The summed E-state index contributed by atoms with van der Waals surface area (Å²) in [7, 11) is 0. The molecule has 0 bridgehead atoms. The molecule has 0 radical (unpaired) electrons. The average molecular weight is 272 g/mol. The number of benzene rings is 1. The Morgan fingerprint density at radius 2 is 1.95 bits per heavy atom. The second-order valence-corrected chi connectivity index (χ2v) is 6.25. The lowest BCUT2D eigenvalue weighted by molar-refractivity contribution is -0.124. The van der Waals surface area contributed by atoms with Gasteiger partial charge in [-0.3, -0.25) is 4.79 Å². The van der Waals surface area contributed by atoms with Gasteiger partial charge < -0.3 is 10.6 Å². The molecule has 0 spiro atoms. The van der Waals surface area contributed by atoms with E-state index in [1.807, 2.05) is 0 Å². The predicted octanol–water partition coefficient (Wildman–Crippen LogP) is 2.40. The standard InChI is InChI=1S/C17H24N2O/c1-12(13-6-2-3-7-13)19-17(20)16-10-14-8-4-5-9-15(14)11-18-16/h4-5,8-9,12-13,16,18H,2-3,6-7,10-11H2,1H3,(H,19,20)/t12-,16-/m1/s1. The Morgan fingerprint density at radius 1 is 1.25 bits per heavy atom. The highest BCUT2D eigenvalue weighted by Gasteiger charge is 2.28. The lowest BCUT2D eigenvalue weighted by Crippen LogP contribution is -2.51. The van der Waals surface area contributed by atoms with Crippen LogP contribution in [0.1, 0.15) is 43.7 Å². The van der Waals surface area contributed by atoms with Gasteiger partial charge in [0, 0.05) is 12.6 Å². The molecule has 1 aliphatic heterocycles. The molecule has 2 atom stereocenters. The number of hydrogen-bond donors (Lipinski definition) is 2. The van der Waals surface area contributed by atoms with Crippen molar-refractivity contribution in [3.05, 3.63) is 35.4 Å². The fourth-order valence-electron chi connectivity index (χ4n) is 3.54. The Kier molecular flexibility index (Phi) is 4.06. The van der Waals surface area contributed by atoms with Crippen LogP contribution in [-0.2, 0) is 17.8 Å². The largest absolute Gasteiger partial charge is 0.352 e. The Bertz CT molecular complexity index is 480. The van der Waals surface area contributed by atoms with E-state index in [0.717, 1.165) is 13.0 Å². The number of fused-ring (bicyclic) bond motifs is 1. The van der Waals surface area contributed by atoms with E-state index in [1.165, 1.54) is 36.8 Å². The van der Waals surface area contributed by atoms with Crippen LogP contribution in [-0.4, -0.2) is 18.0 Å². The highest BCUT2D eigenvalue weighted by atomic mass is 16.2. The summed E-state index contributed by atoms with van der Waals surface area (Å²) in [5, 5.41) is 6.58. The smallest absolute Gasteiger partial charge is 0.237 e. The van der Waals surface area contributed by atoms with Gasteiger partial charge in [-0.05, 0) is 43.2 Å². The zero-order valence-corrected chi connectivity index (χ0v) is 12.2. The van der Waals surface area contributed by atoms with Crippen molar-refractivity contribution in [2.45, 2.75) is 57.7 Å². The van der Waals surface area contributed by atoms with Gasteiger partial charge in [0.15, 0.2) is 0 Å². The molecule has 1 fully saturated rings. The van der Waals surface area contributed by atoms with Gasteiger partial charge in [0.1, 0.15) is 0 Å². The number of carbonyl (C=O) groups excluding carboxylic acids is 1. The summed E-state index contributed by atoms with van der Waals surface area (Å²) in [4.78, 5) is 12.4. The topological polar surface area (TPSA) is 41.1 Å². The maximum atomic E-state index is 12.4. The lowest BCUT2D eigenvalue weighted by Gasteiger charge is -2.28. The molecule has 2 aliphatic rings. The highest BCUT2D eigenvalue weighted by Crippen LogP contribution is 2.27. The summed E-state index contributed by atoms with van der Waals surface area (Å²) in [6, 6.07) is 8.62. The van der Waals surface area contributed by atoms with E-state index in [9.17, 15) is 4.79 Å². The number of nitrogens with one attached hydrogen (secondary N) is 2. The Hall–Kier alpha value is -1.35. The van der Waals surface area contributed by atoms with Crippen molar-refractivity contribution in [2.24, 2.45) is 5.92 Å². The van der Waals surface area contributed by atoms with E-state index in [1.54, 1.807) is 0 Å². The summed E-state index contributed by atoms with van der Waals surface area (Å²) in [5.41, 5.74) is 2.63. The molecule has 3 rings (SSSR count). The zero-order valence-electron chi connectivity index (χ0n) is 12.2. The Labute approximate surface area is 121 Å². The van der Waals surface area contributed by atoms with Gasteiger partial charge >= 0.3 is 0 Å². The fourth-order valence-corrected chi connectivity index (χ4v) is 3.54. The number of carbonyl (C=O) groups is 1. The quantitative estimate of drug-likeness (QED) is 0.887. The first kappa shape index (κ1) is 13.6. The lowest BCUT2D eigenvalue weighted by atomic mass is 9.94. The summed E-state index contributed by atoms with van der Waals surface area (Å²) in [6.07, 6.45) is 5.98. The minimum absolute atomic E-state index is 0.0752. The normalized spacial score (nSPS) is 24.1. The molecule has 3 heteroatoms. The molecule has 20 heavy (non-hydrogen) atoms.